The SMILES string of the molecule is COc1ccc(CNc2ccccc2C(OCl)c2ccccc2Cl)c(OC)c1. The van der Waals surface area contributed by atoms with E-state index in [1.165, 1.54) is 0 Å². The lowest BCUT2D eigenvalue weighted by molar-refractivity contribution is 0.276. The summed E-state index contributed by atoms with van der Waals surface area (Å²) in [6.07, 6.45) is -0.503. The molecule has 28 heavy (non-hydrogen) atoms. The molecule has 0 heterocycles. The Bertz CT molecular complexity index is 933. The van der Waals surface area contributed by atoms with Crippen molar-refractivity contribution < 1.29 is 13.8 Å². The largest absolute Gasteiger partial charge is 0.497 e. The van der Waals surface area contributed by atoms with Crippen LogP contribution in [0, 0.1) is 0 Å². The van der Waals surface area contributed by atoms with Crippen molar-refractivity contribution in [3.63, 3.8) is 0 Å². The molecule has 0 aromatic heterocycles. The summed E-state index contributed by atoms with van der Waals surface area (Å²) in [6, 6.07) is 21.1. The van der Waals surface area contributed by atoms with Gasteiger partial charge in [-0.25, -0.2) is 0 Å². The number of anilines is 1. The Balaban J connectivity index is 1.88. The molecule has 4 nitrogen and oxygen atoms in total. The zero-order chi connectivity index (χ0) is 19.9. The van der Waals surface area contributed by atoms with Gasteiger partial charge in [-0.3, -0.25) is 4.29 Å². The van der Waals surface area contributed by atoms with Crippen molar-refractivity contribution in [2.24, 2.45) is 0 Å². The summed E-state index contributed by atoms with van der Waals surface area (Å²) < 4.78 is 16.0. The standard InChI is InChI=1S/C22H21Cl2NO3/c1-26-16-12-11-15(21(13-16)27-2)14-25-20-10-6-4-8-18(20)22(28-24)17-7-3-5-9-19(17)23/h3-13,22,25H,14H2,1-2H3. The van der Waals surface area contributed by atoms with Crippen LogP contribution in [0.4, 0.5) is 5.69 Å². The average Bonchev–Trinajstić information content (AvgIpc) is 2.74. The third-order valence-electron chi connectivity index (χ3n) is 4.48. The summed E-state index contributed by atoms with van der Waals surface area (Å²) in [6.45, 7) is 0.557. The van der Waals surface area contributed by atoms with Crippen molar-refractivity contribution in [1.29, 1.82) is 0 Å². The van der Waals surface area contributed by atoms with Crippen LogP contribution in [0.5, 0.6) is 11.5 Å². The van der Waals surface area contributed by atoms with Gasteiger partial charge in [-0.05, 0) is 24.3 Å². The molecule has 0 aliphatic rings. The third kappa shape index (κ3) is 4.53. The van der Waals surface area contributed by atoms with Gasteiger partial charge in [0.2, 0.25) is 0 Å². The fraction of sp³-hybridized carbons (Fsp3) is 0.182. The highest BCUT2D eigenvalue weighted by Crippen LogP contribution is 2.36. The van der Waals surface area contributed by atoms with Gasteiger partial charge in [-0.15, -0.1) is 0 Å². The fourth-order valence-corrected chi connectivity index (χ4v) is 3.45. The predicted octanol–water partition coefficient (Wildman–Crippen LogP) is 6.23. The van der Waals surface area contributed by atoms with Gasteiger partial charge in [0.05, 0.1) is 26.1 Å². The zero-order valence-electron chi connectivity index (χ0n) is 15.6. The number of hydrogen-bond donors (Lipinski definition) is 1. The van der Waals surface area contributed by atoms with Crippen LogP contribution in [0.15, 0.2) is 66.7 Å². The van der Waals surface area contributed by atoms with E-state index < -0.39 is 6.10 Å². The number of benzene rings is 3. The molecule has 3 aromatic carbocycles. The second kappa shape index (κ2) is 9.69. The van der Waals surface area contributed by atoms with Crippen LogP contribution >= 0.6 is 23.5 Å². The monoisotopic (exact) mass is 417 g/mol. The number of ether oxygens (including phenoxy) is 2. The van der Waals surface area contributed by atoms with E-state index in [9.17, 15) is 0 Å². The first kappa shape index (κ1) is 20.3. The molecule has 0 aliphatic heterocycles. The number of para-hydroxylation sites is 1. The van der Waals surface area contributed by atoms with E-state index in [1.54, 1.807) is 14.2 Å². The normalized spacial score (nSPS) is 11.7. The van der Waals surface area contributed by atoms with Crippen LogP contribution in [0.25, 0.3) is 0 Å². The molecule has 1 atom stereocenters. The minimum atomic E-state index is -0.503. The summed E-state index contributed by atoms with van der Waals surface area (Å²) in [5, 5.41) is 4.04. The number of hydrogen-bond acceptors (Lipinski definition) is 4. The highest BCUT2D eigenvalue weighted by molar-refractivity contribution is 6.31. The van der Waals surface area contributed by atoms with Gasteiger partial charge in [-0.2, -0.15) is 0 Å². The van der Waals surface area contributed by atoms with Gasteiger partial charge < -0.3 is 14.8 Å². The summed E-state index contributed by atoms with van der Waals surface area (Å²) in [5.74, 6) is 1.50. The molecule has 0 aliphatic carbocycles. The van der Waals surface area contributed by atoms with E-state index in [0.717, 1.165) is 33.9 Å². The molecule has 6 heteroatoms. The van der Waals surface area contributed by atoms with Crippen LogP contribution < -0.4 is 14.8 Å². The fourth-order valence-electron chi connectivity index (χ4n) is 3.03. The van der Waals surface area contributed by atoms with Gasteiger partial charge in [0.25, 0.3) is 0 Å². The minimum absolute atomic E-state index is 0.503. The molecule has 3 rings (SSSR count). The molecular formula is C22H21Cl2NO3. The minimum Gasteiger partial charge on any atom is -0.497 e. The Morgan fingerprint density at radius 2 is 1.61 bits per heavy atom. The van der Waals surface area contributed by atoms with Crippen LogP contribution in [0.1, 0.15) is 22.8 Å². The zero-order valence-corrected chi connectivity index (χ0v) is 17.1. The first-order valence-electron chi connectivity index (χ1n) is 8.73. The van der Waals surface area contributed by atoms with Gasteiger partial charge in [0.1, 0.15) is 17.6 Å². The molecule has 0 spiro atoms. The molecule has 146 valence electrons. The topological polar surface area (TPSA) is 39.7 Å². The maximum absolute atomic E-state index is 6.35. The van der Waals surface area contributed by atoms with E-state index in [1.807, 2.05) is 66.7 Å². The number of rotatable bonds is 8. The smallest absolute Gasteiger partial charge is 0.133 e. The quantitative estimate of drug-likeness (QED) is 0.471. The summed E-state index contributed by atoms with van der Waals surface area (Å²) in [7, 11) is 3.27. The van der Waals surface area contributed by atoms with Gasteiger partial charge >= 0.3 is 0 Å². The van der Waals surface area contributed by atoms with Crippen molar-refractivity contribution >= 4 is 29.2 Å². The summed E-state index contributed by atoms with van der Waals surface area (Å²) >= 11 is 12.2. The Morgan fingerprint density at radius 1 is 0.893 bits per heavy atom. The molecular weight excluding hydrogens is 397 g/mol. The second-order valence-electron chi connectivity index (χ2n) is 6.11. The van der Waals surface area contributed by atoms with Crippen molar-refractivity contribution in [2.45, 2.75) is 12.6 Å². The van der Waals surface area contributed by atoms with Gasteiger partial charge in [0.15, 0.2) is 0 Å². The molecule has 0 saturated heterocycles. The molecule has 3 aromatic rings. The second-order valence-corrected chi connectivity index (χ2v) is 6.69. The lowest BCUT2D eigenvalue weighted by Gasteiger charge is -2.20. The summed E-state index contributed by atoms with van der Waals surface area (Å²) in [4.78, 5) is 0. The third-order valence-corrected chi connectivity index (χ3v) is 5.01. The van der Waals surface area contributed by atoms with Crippen molar-refractivity contribution in [3.8, 4) is 11.5 Å². The Hall–Kier alpha value is -2.40. The number of methoxy groups -OCH3 is 2. The lowest BCUT2D eigenvalue weighted by atomic mass is 9.99. The van der Waals surface area contributed by atoms with Crippen LogP contribution in [-0.2, 0) is 10.8 Å². The molecule has 0 bridgehead atoms. The number of nitrogens with one attached hydrogen (secondary N) is 1. The highest BCUT2D eigenvalue weighted by atomic mass is 35.5. The Morgan fingerprint density at radius 3 is 2.29 bits per heavy atom. The first-order chi connectivity index (χ1) is 13.7. The maximum Gasteiger partial charge on any atom is 0.133 e. The number of halogens is 2. The van der Waals surface area contributed by atoms with Crippen molar-refractivity contribution in [1.82, 2.24) is 0 Å². The molecule has 1 N–H and O–H groups in total. The molecule has 1 unspecified atom stereocenters. The highest BCUT2D eigenvalue weighted by Gasteiger charge is 2.20. The predicted molar refractivity (Wildman–Crippen MR) is 114 cm³/mol. The van der Waals surface area contributed by atoms with E-state index >= 15 is 0 Å². The van der Waals surface area contributed by atoms with Crippen molar-refractivity contribution in [3.05, 3.63) is 88.4 Å². The van der Waals surface area contributed by atoms with Crippen molar-refractivity contribution in [2.75, 3.05) is 19.5 Å². The lowest BCUT2D eigenvalue weighted by Crippen LogP contribution is -2.08. The summed E-state index contributed by atoms with van der Waals surface area (Å²) in [5.41, 5.74) is 3.58. The van der Waals surface area contributed by atoms with Crippen LogP contribution in [0.2, 0.25) is 5.02 Å². The molecule has 0 saturated carbocycles. The molecule has 0 fully saturated rings. The van der Waals surface area contributed by atoms with Gasteiger partial charge in [-0.1, -0.05) is 48.0 Å². The Labute approximate surface area is 175 Å². The maximum atomic E-state index is 6.35. The van der Waals surface area contributed by atoms with Gasteiger partial charge in [0, 0.05) is 40.0 Å². The Kier molecular flexibility index (Phi) is 7.04. The van der Waals surface area contributed by atoms with E-state index in [2.05, 4.69) is 5.32 Å². The average molecular weight is 418 g/mol. The van der Waals surface area contributed by atoms with Crippen LogP contribution in [-0.4, -0.2) is 14.2 Å². The van der Waals surface area contributed by atoms with E-state index in [0.29, 0.717) is 11.6 Å². The van der Waals surface area contributed by atoms with E-state index in [-0.39, 0.29) is 0 Å². The molecule has 0 radical (unpaired) electrons. The first-order valence-corrected chi connectivity index (χ1v) is 9.42. The van der Waals surface area contributed by atoms with E-state index in [4.69, 9.17) is 37.2 Å². The van der Waals surface area contributed by atoms with Crippen LogP contribution in [0.3, 0.4) is 0 Å². The molecule has 0 amide bonds.